The van der Waals surface area contributed by atoms with E-state index in [4.69, 9.17) is 21.1 Å². The molecule has 31 heavy (non-hydrogen) atoms. The minimum atomic E-state index is -3.55. The van der Waals surface area contributed by atoms with Gasteiger partial charge in [-0.3, -0.25) is 9.59 Å². The van der Waals surface area contributed by atoms with Crippen molar-refractivity contribution in [1.82, 2.24) is 4.31 Å². The number of ether oxygens (including phenoxy) is 2. The van der Waals surface area contributed by atoms with E-state index in [9.17, 15) is 18.0 Å². The van der Waals surface area contributed by atoms with Crippen LogP contribution in [-0.2, 0) is 35.5 Å². The highest BCUT2D eigenvalue weighted by Crippen LogP contribution is 2.18. The van der Waals surface area contributed by atoms with Gasteiger partial charge in [-0.05, 0) is 42.3 Å². The molecule has 0 radical (unpaired) electrons. The number of hydrogen-bond acceptors (Lipinski definition) is 6. The van der Waals surface area contributed by atoms with Crippen molar-refractivity contribution in [3.63, 3.8) is 0 Å². The molecular formula is C21H23ClN2O6S. The molecule has 0 spiro atoms. The van der Waals surface area contributed by atoms with Crippen LogP contribution in [0.15, 0.2) is 53.4 Å². The molecule has 1 N–H and O–H groups in total. The Labute approximate surface area is 186 Å². The first-order chi connectivity index (χ1) is 14.8. The highest BCUT2D eigenvalue weighted by atomic mass is 35.5. The van der Waals surface area contributed by atoms with Crippen LogP contribution in [0.1, 0.15) is 12.0 Å². The van der Waals surface area contributed by atoms with Crippen molar-refractivity contribution < 1.29 is 27.5 Å². The van der Waals surface area contributed by atoms with E-state index in [1.54, 1.807) is 36.4 Å². The van der Waals surface area contributed by atoms with Gasteiger partial charge in [-0.15, -0.1) is 0 Å². The third-order valence-electron chi connectivity index (χ3n) is 4.62. The van der Waals surface area contributed by atoms with E-state index in [1.807, 2.05) is 0 Å². The van der Waals surface area contributed by atoms with Crippen molar-refractivity contribution in [1.29, 1.82) is 0 Å². The number of nitrogens with zero attached hydrogens (tertiary/aromatic N) is 1. The monoisotopic (exact) mass is 466 g/mol. The van der Waals surface area contributed by atoms with Crippen molar-refractivity contribution in [2.75, 3.05) is 38.2 Å². The Kier molecular flexibility index (Phi) is 8.03. The van der Waals surface area contributed by atoms with Gasteiger partial charge in [-0.1, -0.05) is 29.8 Å². The van der Waals surface area contributed by atoms with Gasteiger partial charge in [0.25, 0.3) is 5.91 Å². The molecule has 3 rings (SSSR count). The number of carbonyl (C=O) groups is 2. The Hall–Kier alpha value is -2.46. The average molecular weight is 467 g/mol. The minimum absolute atomic E-state index is 0.0695. The van der Waals surface area contributed by atoms with Crippen LogP contribution in [0.3, 0.4) is 0 Å². The summed E-state index contributed by atoms with van der Waals surface area (Å²) in [5.74, 6) is -0.987. The third-order valence-corrected chi connectivity index (χ3v) is 6.77. The summed E-state index contributed by atoms with van der Waals surface area (Å²) in [4.78, 5) is 24.0. The van der Waals surface area contributed by atoms with Crippen molar-refractivity contribution >= 4 is 39.2 Å². The van der Waals surface area contributed by atoms with E-state index in [1.165, 1.54) is 16.4 Å². The standard InChI is InChI=1S/C21H23ClN2O6S/c22-17-2-1-3-18(14-17)23-20(25)15-30-21(26)9-6-16-4-7-19(8-5-16)31(27,28)24-10-12-29-13-11-24/h1-5,7-8,14H,6,9-13,15H2,(H,23,25). The quantitative estimate of drug-likeness (QED) is 0.599. The lowest BCUT2D eigenvalue weighted by atomic mass is 10.1. The lowest BCUT2D eigenvalue weighted by Crippen LogP contribution is -2.40. The zero-order chi connectivity index (χ0) is 22.3. The van der Waals surface area contributed by atoms with Crippen LogP contribution in [0, 0.1) is 0 Å². The van der Waals surface area contributed by atoms with Gasteiger partial charge in [0.2, 0.25) is 10.0 Å². The Morgan fingerprint density at radius 2 is 1.81 bits per heavy atom. The summed E-state index contributed by atoms with van der Waals surface area (Å²) in [7, 11) is -3.55. The lowest BCUT2D eigenvalue weighted by Gasteiger charge is -2.26. The van der Waals surface area contributed by atoms with E-state index in [-0.39, 0.29) is 11.3 Å². The SMILES string of the molecule is O=C(COC(=O)CCc1ccc(S(=O)(=O)N2CCOCC2)cc1)Nc1cccc(Cl)c1. The second kappa shape index (κ2) is 10.7. The maximum atomic E-state index is 12.6. The minimum Gasteiger partial charge on any atom is -0.456 e. The molecule has 166 valence electrons. The fraction of sp³-hybridized carbons (Fsp3) is 0.333. The summed E-state index contributed by atoms with van der Waals surface area (Å²) in [6, 6.07) is 13.1. The van der Waals surface area contributed by atoms with Crippen LogP contribution < -0.4 is 5.32 Å². The van der Waals surface area contributed by atoms with Crippen LogP contribution >= 0.6 is 11.6 Å². The van der Waals surface area contributed by atoms with E-state index < -0.39 is 28.5 Å². The molecule has 1 saturated heterocycles. The number of sulfonamides is 1. The maximum absolute atomic E-state index is 12.6. The third kappa shape index (κ3) is 6.76. The van der Waals surface area contributed by atoms with Gasteiger partial charge >= 0.3 is 5.97 Å². The number of halogens is 1. The van der Waals surface area contributed by atoms with E-state index in [2.05, 4.69) is 5.32 Å². The van der Waals surface area contributed by atoms with Gasteiger partial charge in [-0.25, -0.2) is 8.42 Å². The Morgan fingerprint density at radius 3 is 2.48 bits per heavy atom. The van der Waals surface area contributed by atoms with Crippen LogP contribution in [0.25, 0.3) is 0 Å². The lowest BCUT2D eigenvalue weighted by molar-refractivity contribution is -0.147. The average Bonchev–Trinajstić information content (AvgIpc) is 2.77. The zero-order valence-corrected chi connectivity index (χ0v) is 18.3. The fourth-order valence-electron chi connectivity index (χ4n) is 2.99. The molecular weight excluding hydrogens is 444 g/mol. The highest BCUT2D eigenvalue weighted by Gasteiger charge is 2.26. The maximum Gasteiger partial charge on any atom is 0.306 e. The van der Waals surface area contributed by atoms with Crippen LogP contribution in [0.2, 0.25) is 5.02 Å². The fourth-order valence-corrected chi connectivity index (χ4v) is 4.59. The number of carbonyl (C=O) groups excluding carboxylic acids is 2. The number of anilines is 1. The number of rotatable bonds is 8. The molecule has 1 amide bonds. The predicted octanol–water partition coefficient (Wildman–Crippen LogP) is 2.48. The summed E-state index contributed by atoms with van der Waals surface area (Å²) in [5, 5.41) is 3.07. The number of nitrogens with one attached hydrogen (secondary N) is 1. The largest absolute Gasteiger partial charge is 0.456 e. The van der Waals surface area contributed by atoms with Crippen molar-refractivity contribution in [3.05, 3.63) is 59.1 Å². The number of aryl methyl sites for hydroxylation is 1. The molecule has 0 atom stereocenters. The molecule has 1 aliphatic heterocycles. The summed E-state index contributed by atoms with van der Waals surface area (Å²) in [6.07, 6.45) is 0.437. The Balaban J connectivity index is 1.44. The molecule has 2 aromatic rings. The van der Waals surface area contributed by atoms with Crippen molar-refractivity contribution in [3.8, 4) is 0 Å². The molecule has 2 aromatic carbocycles. The van der Waals surface area contributed by atoms with Crippen LogP contribution in [0.5, 0.6) is 0 Å². The summed E-state index contributed by atoms with van der Waals surface area (Å²) >= 11 is 5.85. The predicted molar refractivity (Wildman–Crippen MR) is 115 cm³/mol. The Morgan fingerprint density at radius 1 is 1.10 bits per heavy atom. The smallest absolute Gasteiger partial charge is 0.306 e. The van der Waals surface area contributed by atoms with Crippen LogP contribution in [-0.4, -0.2) is 57.5 Å². The topological polar surface area (TPSA) is 102 Å². The Bertz CT molecular complexity index is 1020. The van der Waals surface area contributed by atoms with Gasteiger partial charge < -0.3 is 14.8 Å². The second-order valence-corrected chi connectivity index (χ2v) is 9.25. The zero-order valence-electron chi connectivity index (χ0n) is 16.8. The molecule has 1 heterocycles. The molecule has 0 saturated carbocycles. The molecule has 1 aliphatic rings. The number of esters is 1. The molecule has 0 bridgehead atoms. The van der Waals surface area contributed by atoms with Gasteiger partial charge in [0.1, 0.15) is 0 Å². The molecule has 8 nitrogen and oxygen atoms in total. The summed E-state index contributed by atoms with van der Waals surface area (Å²) < 4.78 is 36.8. The normalized spacial score (nSPS) is 14.7. The van der Waals surface area contributed by atoms with Crippen molar-refractivity contribution in [2.24, 2.45) is 0 Å². The van der Waals surface area contributed by atoms with E-state index >= 15 is 0 Å². The molecule has 0 aliphatic carbocycles. The highest BCUT2D eigenvalue weighted by molar-refractivity contribution is 7.89. The van der Waals surface area contributed by atoms with Gasteiger partial charge in [0, 0.05) is 30.2 Å². The summed E-state index contributed by atoms with van der Waals surface area (Å²) in [5.41, 5.74) is 1.31. The number of morpholine rings is 1. The molecule has 0 unspecified atom stereocenters. The first kappa shape index (κ1) is 23.2. The molecule has 10 heteroatoms. The molecule has 0 aromatic heterocycles. The van der Waals surface area contributed by atoms with E-state index in [0.29, 0.717) is 43.4 Å². The van der Waals surface area contributed by atoms with Crippen molar-refractivity contribution in [2.45, 2.75) is 17.7 Å². The van der Waals surface area contributed by atoms with Gasteiger partial charge in [0.05, 0.1) is 18.1 Å². The van der Waals surface area contributed by atoms with E-state index in [0.717, 1.165) is 5.56 Å². The van der Waals surface area contributed by atoms with Gasteiger partial charge in [0.15, 0.2) is 6.61 Å². The number of hydrogen-bond donors (Lipinski definition) is 1. The first-order valence-corrected chi connectivity index (χ1v) is 11.5. The number of amides is 1. The second-order valence-electron chi connectivity index (χ2n) is 6.88. The summed E-state index contributed by atoms with van der Waals surface area (Å²) in [6.45, 7) is 1.04. The molecule has 1 fully saturated rings. The first-order valence-electron chi connectivity index (χ1n) is 9.72. The van der Waals surface area contributed by atoms with Gasteiger partial charge in [-0.2, -0.15) is 4.31 Å². The van der Waals surface area contributed by atoms with Crippen LogP contribution in [0.4, 0.5) is 5.69 Å². The number of benzene rings is 2.